The van der Waals surface area contributed by atoms with Gasteiger partial charge in [-0.05, 0) is 27.2 Å². The van der Waals surface area contributed by atoms with Gasteiger partial charge in [0.25, 0.3) is 0 Å². The summed E-state index contributed by atoms with van der Waals surface area (Å²) < 4.78 is 22.9. The normalized spacial score (nSPS) is 43.2. The minimum absolute atomic E-state index is 0.0153. The van der Waals surface area contributed by atoms with E-state index in [9.17, 15) is 0 Å². The summed E-state index contributed by atoms with van der Waals surface area (Å²) in [5.74, 6) is -0.512. The van der Waals surface area contributed by atoms with Gasteiger partial charge in [-0.2, -0.15) is 0 Å². The van der Waals surface area contributed by atoms with Gasteiger partial charge in [-0.1, -0.05) is 6.92 Å². The molecular formula is C11H20O4. The van der Waals surface area contributed by atoms with Crippen molar-refractivity contribution in [3.8, 4) is 0 Å². The van der Waals surface area contributed by atoms with E-state index in [1.807, 2.05) is 20.8 Å². The lowest BCUT2D eigenvalue weighted by Crippen LogP contribution is -2.31. The highest BCUT2D eigenvalue weighted by molar-refractivity contribution is 4.94. The zero-order valence-corrected chi connectivity index (χ0v) is 9.86. The summed E-state index contributed by atoms with van der Waals surface area (Å²) in [7, 11) is 0. The highest BCUT2D eigenvalue weighted by Gasteiger charge is 2.54. The van der Waals surface area contributed by atoms with Crippen LogP contribution in [0, 0.1) is 0 Å². The first-order chi connectivity index (χ1) is 7.07. The first kappa shape index (κ1) is 11.3. The lowest BCUT2D eigenvalue weighted by molar-refractivity contribution is -0.232. The molecule has 4 heteroatoms. The third kappa shape index (κ3) is 2.04. The first-order valence-electron chi connectivity index (χ1n) is 5.70. The number of rotatable bonds is 3. The Morgan fingerprint density at radius 1 is 1.13 bits per heavy atom. The maximum Gasteiger partial charge on any atom is 0.186 e. The van der Waals surface area contributed by atoms with Crippen LogP contribution in [0.4, 0.5) is 0 Å². The van der Waals surface area contributed by atoms with Crippen LogP contribution in [0.25, 0.3) is 0 Å². The van der Waals surface area contributed by atoms with E-state index in [1.54, 1.807) is 0 Å². The minimum atomic E-state index is -0.512. The second-order valence-corrected chi connectivity index (χ2v) is 4.47. The molecule has 2 rings (SSSR count). The van der Waals surface area contributed by atoms with Gasteiger partial charge in [0.15, 0.2) is 12.1 Å². The van der Waals surface area contributed by atoms with E-state index < -0.39 is 5.79 Å². The zero-order valence-electron chi connectivity index (χ0n) is 9.86. The van der Waals surface area contributed by atoms with Crippen molar-refractivity contribution in [3.63, 3.8) is 0 Å². The molecule has 0 radical (unpaired) electrons. The predicted molar refractivity (Wildman–Crippen MR) is 54.4 cm³/mol. The van der Waals surface area contributed by atoms with Crippen molar-refractivity contribution < 1.29 is 18.9 Å². The molecule has 2 fully saturated rings. The van der Waals surface area contributed by atoms with Crippen molar-refractivity contribution in [2.75, 3.05) is 6.61 Å². The van der Waals surface area contributed by atoms with Crippen molar-refractivity contribution >= 4 is 0 Å². The van der Waals surface area contributed by atoms with Crippen LogP contribution in [0.15, 0.2) is 0 Å². The lowest BCUT2D eigenvalue weighted by atomic mass is 10.1. The largest absolute Gasteiger partial charge is 0.350 e. The van der Waals surface area contributed by atoms with Crippen LogP contribution in [0.5, 0.6) is 0 Å². The molecular weight excluding hydrogens is 196 g/mol. The number of hydrogen-bond donors (Lipinski definition) is 0. The van der Waals surface area contributed by atoms with Gasteiger partial charge in [-0.15, -0.1) is 0 Å². The van der Waals surface area contributed by atoms with E-state index in [0.29, 0.717) is 6.61 Å². The Labute approximate surface area is 90.8 Å². The summed E-state index contributed by atoms with van der Waals surface area (Å²) in [5, 5.41) is 0. The van der Waals surface area contributed by atoms with Gasteiger partial charge >= 0.3 is 0 Å². The van der Waals surface area contributed by atoms with Crippen molar-refractivity contribution in [3.05, 3.63) is 0 Å². The van der Waals surface area contributed by atoms with Gasteiger partial charge in [0, 0.05) is 6.61 Å². The third-order valence-corrected chi connectivity index (χ3v) is 2.84. The molecule has 4 atom stereocenters. The highest BCUT2D eigenvalue weighted by Crippen LogP contribution is 2.39. The fourth-order valence-electron chi connectivity index (χ4n) is 2.27. The molecule has 0 saturated carbocycles. The molecule has 0 N–H and O–H groups in total. The van der Waals surface area contributed by atoms with Crippen LogP contribution in [-0.4, -0.2) is 37.0 Å². The third-order valence-electron chi connectivity index (χ3n) is 2.84. The van der Waals surface area contributed by atoms with Crippen LogP contribution in [-0.2, 0) is 18.9 Å². The quantitative estimate of drug-likeness (QED) is 0.719. The number of ether oxygens (including phenoxy) is 4. The van der Waals surface area contributed by atoms with Gasteiger partial charge in [0.2, 0.25) is 0 Å². The van der Waals surface area contributed by atoms with Crippen molar-refractivity contribution in [2.24, 2.45) is 0 Å². The Kier molecular flexibility index (Phi) is 3.03. The molecule has 88 valence electrons. The van der Waals surface area contributed by atoms with Crippen LogP contribution < -0.4 is 0 Å². The van der Waals surface area contributed by atoms with Crippen molar-refractivity contribution in [2.45, 2.75) is 64.5 Å². The number of fused-ring (bicyclic) bond motifs is 1. The Morgan fingerprint density at radius 2 is 1.80 bits per heavy atom. The average molecular weight is 216 g/mol. The topological polar surface area (TPSA) is 36.9 Å². The summed E-state index contributed by atoms with van der Waals surface area (Å²) in [6.45, 7) is 8.54. The Morgan fingerprint density at radius 3 is 2.40 bits per heavy atom. The van der Waals surface area contributed by atoms with Crippen LogP contribution in [0.2, 0.25) is 0 Å². The Hall–Kier alpha value is -0.160. The molecule has 0 aromatic carbocycles. The van der Waals surface area contributed by atoms with E-state index in [4.69, 9.17) is 18.9 Å². The number of hydrogen-bond acceptors (Lipinski definition) is 4. The zero-order chi connectivity index (χ0) is 11.1. The molecule has 0 bridgehead atoms. The molecule has 4 nitrogen and oxygen atoms in total. The molecule has 2 saturated heterocycles. The summed E-state index contributed by atoms with van der Waals surface area (Å²) in [4.78, 5) is 0. The van der Waals surface area contributed by atoms with E-state index in [0.717, 1.165) is 6.42 Å². The molecule has 4 unspecified atom stereocenters. The van der Waals surface area contributed by atoms with Gasteiger partial charge < -0.3 is 18.9 Å². The monoisotopic (exact) mass is 216 g/mol. The maximum atomic E-state index is 5.83. The molecule has 2 heterocycles. The molecule has 0 amide bonds. The lowest BCUT2D eigenvalue weighted by Gasteiger charge is -2.23. The molecule has 0 aromatic heterocycles. The predicted octanol–water partition coefficient (Wildman–Crippen LogP) is 1.68. The SMILES string of the molecule is CCOC1OC(CC)C2OC(C)(C)OC12. The molecule has 0 aliphatic carbocycles. The Bertz CT molecular complexity index is 229. The average Bonchev–Trinajstić information content (AvgIpc) is 2.61. The molecule has 15 heavy (non-hydrogen) atoms. The van der Waals surface area contributed by atoms with Crippen LogP contribution >= 0.6 is 0 Å². The summed E-state index contributed by atoms with van der Waals surface area (Å²) in [5.41, 5.74) is 0. The highest BCUT2D eigenvalue weighted by atomic mass is 16.8. The van der Waals surface area contributed by atoms with Crippen molar-refractivity contribution in [1.82, 2.24) is 0 Å². The second kappa shape index (κ2) is 4.01. The second-order valence-electron chi connectivity index (χ2n) is 4.47. The molecule has 2 aliphatic rings. The van der Waals surface area contributed by atoms with Gasteiger partial charge in [-0.25, -0.2) is 0 Å². The minimum Gasteiger partial charge on any atom is -0.350 e. The fraction of sp³-hybridized carbons (Fsp3) is 1.00. The maximum absolute atomic E-state index is 5.83. The van der Waals surface area contributed by atoms with E-state index in [2.05, 4.69) is 6.92 Å². The van der Waals surface area contributed by atoms with Gasteiger partial charge in [0.1, 0.15) is 12.2 Å². The molecule has 2 aliphatic heterocycles. The molecule has 0 spiro atoms. The smallest absolute Gasteiger partial charge is 0.186 e. The van der Waals surface area contributed by atoms with Crippen LogP contribution in [0.3, 0.4) is 0 Å². The Balaban J connectivity index is 2.08. The molecule has 0 aromatic rings. The summed E-state index contributed by atoms with van der Waals surface area (Å²) in [6.07, 6.45) is 0.677. The fourth-order valence-corrected chi connectivity index (χ4v) is 2.27. The van der Waals surface area contributed by atoms with Gasteiger partial charge in [-0.3, -0.25) is 0 Å². The first-order valence-corrected chi connectivity index (χ1v) is 5.70. The summed E-state index contributed by atoms with van der Waals surface area (Å²) >= 11 is 0. The van der Waals surface area contributed by atoms with Gasteiger partial charge in [0.05, 0.1) is 6.10 Å². The standard InChI is InChI=1S/C11H20O4/c1-5-7-8-9(10(13-7)12-6-2)15-11(3,4)14-8/h7-10H,5-6H2,1-4H3. The van der Waals surface area contributed by atoms with E-state index >= 15 is 0 Å². The van der Waals surface area contributed by atoms with E-state index in [-0.39, 0.29) is 24.6 Å². The van der Waals surface area contributed by atoms with Crippen molar-refractivity contribution in [1.29, 1.82) is 0 Å². The van der Waals surface area contributed by atoms with E-state index in [1.165, 1.54) is 0 Å². The summed E-state index contributed by atoms with van der Waals surface area (Å²) in [6, 6.07) is 0. The van der Waals surface area contributed by atoms with Crippen LogP contribution in [0.1, 0.15) is 34.1 Å².